The van der Waals surface area contributed by atoms with Gasteiger partial charge in [0.15, 0.2) is 5.78 Å². The van der Waals surface area contributed by atoms with Crippen LogP contribution in [0, 0.1) is 0 Å². The van der Waals surface area contributed by atoms with Crippen molar-refractivity contribution in [1.82, 2.24) is 0 Å². The minimum Gasteiger partial charge on any atom is -0.492 e. The van der Waals surface area contributed by atoms with Crippen LogP contribution in [0.2, 0.25) is 0 Å². The van der Waals surface area contributed by atoms with E-state index in [0.717, 1.165) is 35.0 Å². The van der Waals surface area contributed by atoms with E-state index in [1.54, 1.807) is 0 Å². The van der Waals surface area contributed by atoms with Crippen molar-refractivity contribution in [2.24, 2.45) is 0 Å². The summed E-state index contributed by atoms with van der Waals surface area (Å²) in [6.45, 7) is 2.67. The smallest absolute Gasteiger partial charge is 0.195 e. The number of carbonyl (C=O) groups is 1. The Morgan fingerprint density at radius 1 is 1.39 bits per heavy atom. The summed E-state index contributed by atoms with van der Waals surface area (Å²) in [6.07, 6.45) is 2.51. The highest BCUT2D eigenvalue weighted by Gasteiger charge is 2.32. The second-order valence-corrected chi connectivity index (χ2v) is 5.83. The van der Waals surface area contributed by atoms with Gasteiger partial charge in [0.1, 0.15) is 11.9 Å². The number of ketones is 1. The van der Waals surface area contributed by atoms with Crippen LogP contribution in [0.25, 0.3) is 0 Å². The molecule has 0 spiro atoms. The Labute approximate surface area is 115 Å². The molecule has 0 saturated carbocycles. The summed E-state index contributed by atoms with van der Waals surface area (Å²) in [4.78, 5) is 12.5. The number of benzene rings is 1. The van der Waals surface area contributed by atoms with Crippen molar-refractivity contribution in [3.8, 4) is 5.75 Å². The fourth-order valence-corrected chi connectivity index (χ4v) is 3.13. The molecule has 3 nitrogen and oxygen atoms in total. The number of halogens is 1. The number of Topliss-reactive ketones (excluding diaryl/α,β-unsaturated/α-hetero) is 1. The molecule has 2 aliphatic heterocycles. The van der Waals surface area contributed by atoms with Gasteiger partial charge in [0.2, 0.25) is 0 Å². The quantitative estimate of drug-likeness (QED) is 0.787. The number of rotatable bonds is 2. The third-order valence-electron chi connectivity index (χ3n) is 3.54. The van der Waals surface area contributed by atoms with Gasteiger partial charge in [-0.3, -0.25) is 4.79 Å². The zero-order chi connectivity index (χ0) is 12.7. The maximum Gasteiger partial charge on any atom is 0.195 e. The normalized spacial score (nSPS) is 25.9. The topological polar surface area (TPSA) is 35.5 Å². The predicted molar refractivity (Wildman–Crippen MR) is 71.2 cm³/mol. The van der Waals surface area contributed by atoms with Gasteiger partial charge < -0.3 is 9.47 Å². The number of ether oxygens (including phenoxy) is 2. The Morgan fingerprint density at radius 2 is 2.22 bits per heavy atom. The van der Waals surface area contributed by atoms with Gasteiger partial charge in [0.25, 0.3) is 0 Å². The van der Waals surface area contributed by atoms with Crippen LogP contribution >= 0.6 is 15.9 Å². The van der Waals surface area contributed by atoms with E-state index in [4.69, 9.17) is 9.47 Å². The van der Waals surface area contributed by atoms with Gasteiger partial charge in [-0.1, -0.05) is 15.9 Å². The first kappa shape index (κ1) is 12.2. The molecule has 3 rings (SSSR count). The maximum atomic E-state index is 12.5. The number of hydrogen-bond donors (Lipinski definition) is 0. The van der Waals surface area contributed by atoms with Gasteiger partial charge in [-0.2, -0.15) is 0 Å². The molecule has 1 saturated heterocycles. The highest BCUT2D eigenvalue weighted by molar-refractivity contribution is 9.10. The highest BCUT2D eigenvalue weighted by Crippen LogP contribution is 2.35. The van der Waals surface area contributed by atoms with E-state index in [1.807, 2.05) is 19.1 Å². The molecule has 2 aliphatic rings. The van der Waals surface area contributed by atoms with E-state index in [0.29, 0.717) is 12.2 Å². The van der Waals surface area contributed by atoms with Crippen molar-refractivity contribution < 1.29 is 14.3 Å². The largest absolute Gasteiger partial charge is 0.492 e. The Hall–Kier alpha value is -0.870. The molecule has 0 N–H and O–H groups in total. The molecular weight excluding hydrogens is 296 g/mol. The number of fused-ring (bicyclic) bond motifs is 1. The Balaban J connectivity index is 1.94. The standard InChI is InChI=1S/C14H15BrO3/c1-8-2-3-12(18-8)13(16)11-7-10(15)6-9-4-5-17-14(9)11/h6-8,12H,2-5H2,1H3. The molecule has 1 aromatic rings. The number of hydrogen-bond acceptors (Lipinski definition) is 3. The monoisotopic (exact) mass is 310 g/mol. The van der Waals surface area contributed by atoms with E-state index < -0.39 is 0 Å². The van der Waals surface area contributed by atoms with Crippen molar-refractivity contribution in [1.29, 1.82) is 0 Å². The third-order valence-corrected chi connectivity index (χ3v) is 4.00. The van der Waals surface area contributed by atoms with Gasteiger partial charge in [0, 0.05) is 10.9 Å². The third kappa shape index (κ3) is 2.08. The van der Waals surface area contributed by atoms with Crippen LogP contribution in [0.3, 0.4) is 0 Å². The Morgan fingerprint density at radius 3 is 2.94 bits per heavy atom. The van der Waals surface area contributed by atoms with E-state index in [9.17, 15) is 4.79 Å². The lowest BCUT2D eigenvalue weighted by Gasteiger charge is -2.13. The van der Waals surface area contributed by atoms with Gasteiger partial charge in [0.05, 0.1) is 18.3 Å². The average molecular weight is 311 g/mol. The lowest BCUT2D eigenvalue weighted by atomic mass is 10.00. The SMILES string of the molecule is CC1CCC(C(=O)c2cc(Br)cc3c2OCC3)O1. The maximum absolute atomic E-state index is 12.5. The van der Waals surface area contributed by atoms with Crippen LogP contribution in [-0.2, 0) is 11.2 Å². The van der Waals surface area contributed by atoms with Crippen molar-refractivity contribution in [3.63, 3.8) is 0 Å². The molecule has 2 heterocycles. The van der Waals surface area contributed by atoms with Crippen molar-refractivity contribution in [3.05, 3.63) is 27.7 Å². The molecule has 0 aliphatic carbocycles. The van der Waals surface area contributed by atoms with Crippen molar-refractivity contribution in [2.45, 2.75) is 38.4 Å². The van der Waals surface area contributed by atoms with Crippen molar-refractivity contribution in [2.75, 3.05) is 6.61 Å². The van der Waals surface area contributed by atoms with Crippen LogP contribution in [-0.4, -0.2) is 24.6 Å². The zero-order valence-corrected chi connectivity index (χ0v) is 11.8. The zero-order valence-electron chi connectivity index (χ0n) is 10.2. The average Bonchev–Trinajstić information content (AvgIpc) is 2.95. The first-order valence-electron chi connectivity index (χ1n) is 6.30. The van der Waals surface area contributed by atoms with Crippen LogP contribution in [0.5, 0.6) is 5.75 Å². The van der Waals surface area contributed by atoms with Crippen LogP contribution < -0.4 is 4.74 Å². The fourth-order valence-electron chi connectivity index (χ4n) is 2.62. The summed E-state index contributed by atoms with van der Waals surface area (Å²) < 4.78 is 12.2. The molecule has 18 heavy (non-hydrogen) atoms. The van der Waals surface area contributed by atoms with Gasteiger partial charge in [-0.25, -0.2) is 0 Å². The van der Waals surface area contributed by atoms with E-state index in [2.05, 4.69) is 15.9 Å². The summed E-state index contributed by atoms with van der Waals surface area (Å²) in [5.74, 6) is 0.810. The van der Waals surface area contributed by atoms with Gasteiger partial charge in [-0.15, -0.1) is 0 Å². The molecular formula is C14H15BrO3. The Kier molecular flexibility index (Phi) is 3.16. The van der Waals surface area contributed by atoms with Crippen LogP contribution in [0.1, 0.15) is 35.7 Å². The minimum atomic E-state index is -0.303. The molecule has 0 radical (unpaired) electrons. The molecule has 4 heteroatoms. The highest BCUT2D eigenvalue weighted by atomic mass is 79.9. The first-order valence-corrected chi connectivity index (χ1v) is 7.09. The van der Waals surface area contributed by atoms with E-state index in [-0.39, 0.29) is 18.0 Å². The van der Waals surface area contributed by atoms with E-state index in [1.165, 1.54) is 0 Å². The molecule has 0 bridgehead atoms. The van der Waals surface area contributed by atoms with E-state index >= 15 is 0 Å². The van der Waals surface area contributed by atoms with Crippen LogP contribution in [0.15, 0.2) is 16.6 Å². The van der Waals surface area contributed by atoms with Gasteiger partial charge in [-0.05, 0) is 37.5 Å². The molecule has 1 fully saturated rings. The second kappa shape index (κ2) is 4.67. The molecule has 0 amide bonds. The minimum absolute atomic E-state index is 0.0544. The fraction of sp³-hybridized carbons (Fsp3) is 0.500. The summed E-state index contributed by atoms with van der Waals surface area (Å²) in [5.41, 5.74) is 1.77. The lowest BCUT2D eigenvalue weighted by molar-refractivity contribution is 0.0431. The summed E-state index contributed by atoms with van der Waals surface area (Å²) in [6, 6.07) is 3.87. The van der Waals surface area contributed by atoms with Crippen molar-refractivity contribution >= 4 is 21.7 Å². The molecule has 2 atom stereocenters. The Bertz CT molecular complexity index is 498. The number of carbonyl (C=O) groups excluding carboxylic acids is 1. The first-order chi connectivity index (χ1) is 8.65. The lowest BCUT2D eigenvalue weighted by Crippen LogP contribution is -2.21. The predicted octanol–water partition coefficient (Wildman–Crippen LogP) is 3.13. The summed E-state index contributed by atoms with van der Waals surface area (Å²) in [5, 5.41) is 0. The second-order valence-electron chi connectivity index (χ2n) is 4.92. The molecule has 96 valence electrons. The molecule has 0 aromatic heterocycles. The summed E-state index contributed by atoms with van der Waals surface area (Å²) >= 11 is 3.46. The molecule has 2 unspecified atom stereocenters. The summed E-state index contributed by atoms with van der Waals surface area (Å²) in [7, 11) is 0. The molecule has 1 aromatic carbocycles. The van der Waals surface area contributed by atoms with Gasteiger partial charge >= 0.3 is 0 Å². The van der Waals surface area contributed by atoms with Crippen LogP contribution in [0.4, 0.5) is 0 Å².